The summed E-state index contributed by atoms with van der Waals surface area (Å²) in [5.41, 5.74) is 0.875. The molecule has 0 saturated carbocycles. The first-order valence-electron chi connectivity index (χ1n) is 6.88. The van der Waals surface area contributed by atoms with Gasteiger partial charge in [0.15, 0.2) is 0 Å². The Hall–Kier alpha value is -2.24. The predicted octanol–water partition coefficient (Wildman–Crippen LogP) is 1.15. The van der Waals surface area contributed by atoms with Crippen molar-refractivity contribution in [2.24, 2.45) is 0 Å². The number of carbonyl (C=O) groups excluding carboxylic acids is 2. The van der Waals surface area contributed by atoms with Gasteiger partial charge in [-0.1, -0.05) is 18.2 Å². The Labute approximate surface area is 124 Å². The minimum atomic E-state index is -0.341. The summed E-state index contributed by atoms with van der Waals surface area (Å²) < 4.78 is 9.93. The molecule has 2 rings (SSSR count). The fourth-order valence-corrected chi connectivity index (χ4v) is 2.39. The molecule has 21 heavy (non-hydrogen) atoms. The molecule has 6 heteroatoms. The largest absolute Gasteiger partial charge is 0.496 e. The molecule has 0 aromatic heterocycles. The Morgan fingerprint density at radius 1 is 1.05 bits per heavy atom. The van der Waals surface area contributed by atoms with E-state index in [9.17, 15) is 9.59 Å². The van der Waals surface area contributed by atoms with E-state index in [-0.39, 0.29) is 12.0 Å². The third-order valence-electron chi connectivity index (χ3n) is 3.60. The fourth-order valence-electron chi connectivity index (χ4n) is 2.39. The average molecular weight is 292 g/mol. The third-order valence-corrected chi connectivity index (χ3v) is 3.60. The number of hydrogen-bond donors (Lipinski definition) is 0. The molecule has 1 heterocycles. The van der Waals surface area contributed by atoms with Gasteiger partial charge >= 0.3 is 6.09 Å². The number of rotatable bonds is 3. The number of carbonyl (C=O) groups is 2. The highest BCUT2D eigenvalue weighted by atomic mass is 16.5. The minimum absolute atomic E-state index is 0.0454. The van der Waals surface area contributed by atoms with Crippen LogP contribution in [0, 0.1) is 0 Å². The van der Waals surface area contributed by atoms with E-state index in [4.69, 9.17) is 4.74 Å². The van der Waals surface area contributed by atoms with Crippen molar-refractivity contribution >= 4 is 12.0 Å². The third kappa shape index (κ3) is 3.65. The van der Waals surface area contributed by atoms with Crippen LogP contribution < -0.4 is 4.74 Å². The van der Waals surface area contributed by atoms with Crippen molar-refractivity contribution in [2.75, 3.05) is 40.4 Å². The molecular formula is C15H20N2O4. The minimum Gasteiger partial charge on any atom is -0.496 e. The molecule has 0 spiro atoms. The molecule has 0 bridgehead atoms. The van der Waals surface area contributed by atoms with Crippen molar-refractivity contribution in [1.82, 2.24) is 9.80 Å². The van der Waals surface area contributed by atoms with Crippen LogP contribution in [-0.4, -0.2) is 62.2 Å². The van der Waals surface area contributed by atoms with Crippen LogP contribution in [0.15, 0.2) is 24.3 Å². The molecule has 0 aliphatic carbocycles. The van der Waals surface area contributed by atoms with E-state index in [2.05, 4.69) is 4.74 Å². The number of piperazine rings is 1. The molecule has 1 aromatic rings. The summed E-state index contributed by atoms with van der Waals surface area (Å²) in [7, 11) is 2.96. The molecule has 0 unspecified atom stereocenters. The van der Waals surface area contributed by atoms with Crippen LogP contribution in [0.5, 0.6) is 5.75 Å². The molecule has 1 saturated heterocycles. The van der Waals surface area contributed by atoms with Crippen LogP contribution in [-0.2, 0) is 16.0 Å². The maximum atomic E-state index is 12.3. The second-order valence-corrected chi connectivity index (χ2v) is 4.83. The van der Waals surface area contributed by atoms with E-state index in [1.54, 1.807) is 16.9 Å². The van der Waals surface area contributed by atoms with Crippen molar-refractivity contribution in [3.05, 3.63) is 29.8 Å². The van der Waals surface area contributed by atoms with Crippen LogP contribution in [0.3, 0.4) is 0 Å². The van der Waals surface area contributed by atoms with E-state index < -0.39 is 0 Å². The molecule has 1 fully saturated rings. The first-order chi connectivity index (χ1) is 10.2. The highest BCUT2D eigenvalue weighted by Crippen LogP contribution is 2.19. The van der Waals surface area contributed by atoms with Gasteiger partial charge < -0.3 is 19.3 Å². The molecule has 0 atom stereocenters. The maximum absolute atomic E-state index is 12.3. The highest BCUT2D eigenvalue weighted by Gasteiger charge is 2.24. The van der Waals surface area contributed by atoms with Crippen LogP contribution in [0.4, 0.5) is 4.79 Å². The molecule has 6 nitrogen and oxygen atoms in total. The Bertz CT molecular complexity index is 510. The van der Waals surface area contributed by atoms with Crippen molar-refractivity contribution in [2.45, 2.75) is 6.42 Å². The van der Waals surface area contributed by atoms with Gasteiger partial charge in [-0.15, -0.1) is 0 Å². The lowest BCUT2D eigenvalue weighted by Crippen LogP contribution is -2.50. The van der Waals surface area contributed by atoms with E-state index in [0.29, 0.717) is 32.6 Å². The Kier molecular flexibility index (Phi) is 5.03. The molecule has 1 aliphatic rings. The van der Waals surface area contributed by atoms with Gasteiger partial charge in [0.25, 0.3) is 0 Å². The number of benzene rings is 1. The SMILES string of the molecule is COC(=O)N1CCN(C(=O)Cc2ccccc2OC)CC1. The van der Waals surface area contributed by atoms with Gasteiger partial charge in [-0.05, 0) is 6.07 Å². The second kappa shape index (κ2) is 6.97. The quantitative estimate of drug-likeness (QED) is 0.838. The number of hydrogen-bond acceptors (Lipinski definition) is 4. The lowest BCUT2D eigenvalue weighted by Gasteiger charge is -2.34. The maximum Gasteiger partial charge on any atom is 0.409 e. The number of para-hydroxylation sites is 1. The Morgan fingerprint density at radius 3 is 2.29 bits per heavy atom. The van der Waals surface area contributed by atoms with Gasteiger partial charge in [0.2, 0.25) is 5.91 Å². The highest BCUT2D eigenvalue weighted by molar-refractivity contribution is 5.80. The van der Waals surface area contributed by atoms with Crippen LogP contribution in [0.1, 0.15) is 5.56 Å². The van der Waals surface area contributed by atoms with E-state index in [1.807, 2.05) is 24.3 Å². The van der Waals surface area contributed by atoms with Crippen molar-refractivity contribution < 1.29 is 19.1 Å². The lowest BCUT2D eigenvalue weighted by atomic mass is 10.1. The summed E-state index contributed by atoms with van der Waals surface area (Å²) >= 11 is 0. The zero-order valence-corrected chi connectivity index (χ0v) is 12.4. The first kappa shape index (κ1) is 15.2. The lowest BCUT2D eigenvalue weighted by molar-refractivity contribution is -0.132. The molecule has 1 aliphatic heterocycles. The standard InChI is InChI=1S/C15H20N2O4/c1-20-13-6-4-3-5-12(13)11-14(18)16-7-9-17(10-8-16)15(19)21-2/h3-6H,7-11H2,1-2H3. The van der Waals surface area contributed by atoms with Crippen molar-refractivity contribution in [1.29, 1.82) is 0 Å². The van der Waals surface area contributed by atoms with Gasteiger partial charge in [0.1, 0.15) is 5.75 Å². The summed E-state index contributed by atoms with van der Waals surface area (Å²) in [6.45, 7) is 2.07. The number of amides is 2. The number of ether oxygens (including phenoxy) is 2. The second-order valence-electron chi connectivity index (χ2n) is 4.83. The van der Waals surface area contributed by atoms with Gasteiger partial charge in [0, 0.05) is 31.7 Å². The summed E-state index contributed by atoms with van der Waals surface area (Å²) in [4.78, 5) is 27.1. The van der Waals surface area contributed by atoms with Gasteiger partial charge in [-0.2, -0.15) is 0 Å². The van der Waals surface area contributed by atoms with Crippen molar-refractivity contribution in [3.8, 4) is 5.75 Å². The Morgan fingerprint density at radius 2 is 1.67 bits per heavy atom. The van der Waals surface area contributed by atoms with Crippen LogP contribution in [0.25, 0.3) is 0 Å². The smallest absolute Gasteiger partial charge is 0.409 e. The zero-order valence-electron chi connectivity index (χ0n) is 12.4. The summed E-state index contributed by atoms with van der Waals surface area (Å²) in [6.07, 6.45) is -0.0331. The van der Waals surface area contributed by atoms with E-state index in [0.717, 1.165) is 11.3 Å². The van der Waals surface area contributed by atoms with E-state index >= 15 is 0 Å². The number of methoxy groups -OCH3 is 2. The molecular weight excluding hydrogens is 272 g/mol. The molecule has 2 amide bonds. The molecule has 0 N–H and O–H groups in total. The number of nitrogens with zero attached hydrogens (tertiary/aromatic N) is 2. The van der Waals surface area contributed by atoms with Crippen LogP contribution in [0.2, 0.25) is 0 Å². The first-order valence-corrected chi connectivity index (χ1v) is 6.88. The molecule has 0 radical (unpaired) electrons. The van der Waals surface area contributed by atoms with Crippen LogP contribution >= 0.6 is 0 Å². The summed E-state index contributed by atoms with van der Waals surface area (Å²) in [6, 6.07) is 7.50. The topological polar surface area (TPSA) is 59.1 Å². The monoisotopic (exact) mass is 292 g/mol. The fraction of sp³-hybridized carbons (Fsp3) is 0.467. The van der Waals surface area contributed by atoms with Gasteiger partial charge in [-0.3, -0.25) is 4.79 Å². The van der Waals surface area contributed by atoms with Crippen molar-refractivity contribution in [3.63, 3.8) is 0 Å². The average Bonchev–Trinajstić information content (AvgIpc) is 2.54. The summed E-state index contributed by atoms with van der Waals surface area (Å²) in [5.74, 6) is 0.767. The zero-order chi connectivity index (χ0) is 15.2. The summed E-state index contributed by atoms with van der Waals surface area (Å²) in [5, 5.41) is 0. The molecule has 114 valence electrons. The predicted molar refractivity (Wildman–Crippen MR) is 77.3 cm³/mol. The molecule has 1 aromatic carbocycles. The van der Waals surface area contributed by atoms with E-state index in [1.165, 1.54) is 7.11 Å². The van der Waals surface area contributed by atoms with Gasteiger partial charge in [0.05, 0.1) is 20.6 Å². The van der Waals surface area contributed by atoms with Gasteiger partial charge in [-0.25, -0.2) is 4.79 Å². The normalized spacial score (nSPS) is 14.8. The Balaban J connectivity index is 1.92.